The summed E-state index contributed by atoms with van der Waals surface area (Å²) in [5.41, 5.74) is 10.3. The molecule has 1 rings (SSSR count). The Hall–Kier alpha value is -0.680. The zero-order valence-corrected chi connectivity index (χ0v) is 7.01. The largest absolute Gasteiger partial charge is 0.378 e. The SMILES string of the molecule is Cl.NC(N)=NN1CCOCC1. The summed E-state index contributed by atoms with van der Waals surface area (Å²) in [6.45, 7) is 2.96. The summed E-state index contributed by atoms with van der Waals surface area (Å²) in [5.74, 6) is 0.113. The lowest BCUT2D eigenvalue weighted by Gasteiger charge is -2.23. The fourth-order valence-electron chi connectivity index (χ4n) is 0.817. The highest BCUT2D eigenvalue weighted by Crippen LogP contribution is 1.95. The molecule has 5 nitrogen and oxygen atoms in total. The Balaban J connectivity index is 0.000001000. The van der Waals surface area contributed by atoms with E-state index in [1.54, 1.807) is 5.01 Å². The molecule has 0 atom stereocenters. The molecule has 0 radical (unpaired) electrons. The van der Waals surface area contributed by atoms with Crippen LogP contribution in [-0.2, 0) is 4.74 Å². The second kappa shape index (κ2) is 5.03. The summed E-state index contributed by atoms with van der Waals surface area (Å²) in [4.78, 5) is 0. The van der Waals surface area contributed by atoms with E-state index in [1.807, 2.05) is 0 Å². The second-order valence-corrected chi connectivity index (χ2v) is 2.09. The molecule has 1 aliphatic heterocycles. The molecule has 0 aromatic heterocycles. The molecule has 4 N–H and O–H groups in total. The summed E-state index contributed by atoms with van der Waals surface area (Å²) in [6.07, 6.45) is 0. The predicted octanol–water partition coefficient (Wildman–Crippen LogP) is -1.07. The maximum absolute atomic E-state index is 5.17. The van der Waals surface area contributed by atoms with Crippen molar-refractivity contribution in [2.75, 3.05) is 26.3 Å². The quantitative estimate of drug-likeness (QED) is 0.398. The highest BCUT2D eigenvalue weighted by molar-refractivity contribution is 5.85. The van der Waals surface area contributed by atoms with Gasteiger partial charge in [0.15, 0.2) is 0 Å². The van der Waals surface area contributed by atoms with E-state index in [0.717, 1.165) is 13.1 Å². The van der Waals surface area contributed by atoms with Crippen LogP contribution in [0.3, 0.4) is 0 Å². The van der Waals surface area contributed by atoms with Crippen LogP contribution in [0.4, 0.5) is 0 Å². The molecule has 0 amide bonds. The first-order valence-electron chi connectivity index (χ1n) is 3.21. The number of ether oxygens (including phenoxy) is 1. The fourth-order valence-corrected chi connectivity index (χ4v) is 0.817. The van der Waals surface area contributed by atoms with E-state index in [2.05, 4.69) is 5.10 Å². The summed E-state index contributed by atoms with van der Waals surface area (Å²) in [5, 5.41) is 5.67. The number of nitrogens with zero attached hydrogens (tertiary/aromatic N) is 2. The molecule has 0 spiro atoms. The van der Waals surface area contributed by atoms with Crippen LogP contribution in [0.5, 0.6) is 0 Å². The van der Waals surface area contributed by atoms with Crippen molar-refractivity contribution in [2.45, 2.75) is 0 Å². The van der Waals surface area contributed by atoms with Gasteiger partial charge in [-0.1, -0.05) is 0 Å². The van der Waals surface area contributed by atoms with Gasteiger partial charge in [0.2, 0.25) is 5.96 Å². The van der Waals surface area contributed by atoms with Gasteiger partial charge in [-0.15, -0.1) is 17.5 Å². The average Bonchev–Trinajstić information content (AvgIpc) is 1.88. The Bertz CT molecular complexity index is 130. The summed E-state index contributed by atoms with van der Waals surface area (Å²) < 4.78 is 5.09. The number of hydrogen-bond acceptors (Lipinski definition) is 3. The zero-order chi connectivity index (χ0) is 7.40. The van der Waals surface area contributed by atoms with E-state index in [1.165, 1.54) is 0 Å². The molecule has 6 heteroatoms. The van der Waals surface area contributed by atoms with Crippen LogP contribution in [0, 0.1) is 0 Å². The van der Waals surface area contributed by atoms with Crippen LogP contribution in [0.1, 0.15) is 0 Å². The van der Waals surface area contributed by atoms with Crippen molar-refractivity contribution in [3.63, 3.8) is 0 Å². The lowest BCUT2D eigenvalue weighted by atomic mass is 10.5. The Morgan fingerprint density at radius 1 is 1.27 bits per heavy atom. The Kier molecular flexibility index (Phi) is 4.72. The van der Waals surface area contributed by atoms with Gasteiger partial charge in [-0.05, 0) is 0 Å². The maximum Gasteiger partial charge on any atom is 0.208 e. The molecule has 66 valence electrons. The van der Waals surface area contributed by atoms with E-state index >= 15 is 0 Å². The minimum atomic E-state index is 0. The van der Waals surface area contributed by atoms with E-state index in [0.29, 0.717) is 13.2 Å². The van der Waals surface area contributed by atoms with Gasteiger partial charge in [-0.2, -0.15) is 0 Å². The van der Waals surface area contributed by atoms with Crippen LogP contribution < -0.4 is 11.5 Å². The molecule has 1 saturated heterocycles. The highest BCUT2D eigenvalue weighted by atomic mass is 35.5. The Morgan fingerprint density at radius 2 is 1.82 bits per heavy atom. The summed E-state index contributed by atoms with van der Waals surface area (Å²) in [7, 11) is 0. The van der Waals surface area contributed by atoms with Crippen molar-refractivity contribution in [3.05, 3.63) is 0 Å². The number of morpholine rings is 1. The topological polar surface area (TPSA) is 76.9 Å². The minimum Gasteiger partial charge on any atom is -0.378 e. The number of nitrogens with two attached hydrogens (primary N) is 2. The fraction of sp³-hybridized carbons (Fsp3) is 0.800. The van der Waals surface area contributed by atoms with Gasteiger partial charge in [0.1, 0.15) is 0 Å². The normalized spacial score (nSPS) is 16.9. The average molecular weight is 181 g/mol. The summed E-state index contributed by atoms with van der Waals surface area (Å²) in [6, 6.07) is 0. The van der Waals surface area contributed by atoms with Gasteiger partial charge in [0.05, 0.1) is 26.3 Å². The molecule has 0 bridgehead atoms. The van der Waals surface area contributed by atoms with Gasteiger partial charge in [0, 0.05) is 0 Å². The molecule has 0 aromatic rings. The third kappa shape index (κ3) is 3.90. The molecule has 0 aliphatic carbocycles. The van der Waals surface area contributed by atoms with E-state index in [-0.39, 0.29) is 18.4 Å². The molecular formula is C5H13ClN4O. The van der Waals surface area contributed by atoms with Gasteiger partial charge >= 0.3 is 0 Å². The third-order valence-corrected chi connectivity index (χ3v) is 1.24. The van der Waals surface area contributed by atoms with Gasteiger partial charge in [-0.3, -0.25) is 5.01 Å². The molecule has 1 fully saturated rings. The van der Waals surface area contributed by atoms with Gasteiger partial charge < -0.3 is 16.2 Å². The second-order valence-electron chi connectivity index (χ2n) is 2.09. The molecule has 1 aliphatic rings. The van der Waals surface area contributed by atoms with Gasteiger partial charge in [-0.25, -0.2) is 0 Å². The van der Waals surface area contributed by atoms with E-state index < -0.39 is 0 Å². The molecular weight excluding hydrogens is 168 g/mol. The number of hydrogen-bond donors (Lipinski definition) is 2. The van der Waals surface area contributed by atoms with Crippen LogP contribution in [0.25, 0.3) is 0 Å². The highest BCUT2D eigenvalue weighted by Gasteiger charge is 2.06. The van der Waals surface area contributed by atoms with Crippen molar-refractivity contribution < 1.29 is 4.74 Å². The lowest BCUT2D eigenvalue weighted by Crippen LogP contribution is -2.36. The first-order valence-corrected chi connectivity index (χ1v) is 3.21. The number of hydrazone groups is 1. The van der Waals surface area contributed by atoms with Crippen LogP contribution in [-0.4, -0.2) is 37.3 Å². The predicted molar refractivity (Wildman–Crippen MR) is 45.4 cm³/mol. The van der Waals surface area contributed by atoms with Crippen molar-refractivity contribution in [1.29, 1.82) is 0 Å². The molecule has 0 saturated carbocycles. The third-order valence-electron chi connectivity index (χ3n) is 1.24. The van der Waals surface area contributed by atoms with E-state index in [4.69, 9.17) is 16.2 Å². The Morgan fingerprint density at radius 3 is 2.27 bits per heavy atom. The van der Waals surface area contributed by atoms with Crippen LogP contribution >= 0.6 is 12.4 Å². The molecule has 1 heterocycles. The first kappa shape index (κ1) is 10.3. The molecule has 0 unspecified atom stereocenters. The lowest BCUT2D eigenvalue weighted by molar-refractivity contribution is 0.0392. The summed E-state index contributed by atoms with van der Waals surface area (Å²) >= 11 is 0. The standard InChI is InChI=1S/C5H12N4O.ClH/c6-5(7)8-9-1-3-10-4-2-9;/h1-4H2,(H4,6,7,8);1H. The maximum atomic E-state index is 5.17. The minimum absolute atomic E-state index is 0. The van der Waals surface area contributed by atoms with Crippen LogP contribution in [0.2, 0.25) is 0 Å². The smallest absolute Gasteiger partial charge is 0.208 e. The Labute approximate surface area is 71.8 Å². The van der Waals surface area contributed by atoms with Crippen LogP contribution in [0.15, 0.2) is 5.10 Å². The number of rotatable bonds is 1. The molecule has 11 heavy (non-hydrogen) atoms. The van der Waals surface area contributed by atoms with Crippen molar-refractivity contribution in [3.8, 4) is 0 Å². The first-order chi connectivity index (χ1) is 4.79. The van der Waals surface area contributed by atoms with E-state index in [9.17, 15) is 0 Å². The zero-order valence-electron chi connectivity index (χ0n) is 6.19. The number of halogens is 1. The van der Waals surface area contributed by atoms with Crippen molar-refractivity contribution in [1.82, 2.24) is 5.01 Å². The van der Waals surface area contributed by atoms with Crippen molar-refractivity contribution >= 4 is 18.4 Å². The molecule has 0 aromatic carbocycles. The number of guanidine groups is 1. The van der Waals surface area contributed by atoms with Crippen molar-refractivity contribution in [2.24, 2.45) is 16.6 Å². The monoisotopic (exact) mass is 180 g/mol. The van der Waals surface area contributed by atoms with Gasteiger partial charge in [0.25, 0.3) is 0 Å².